The fourth-order valence-corrected chi connectivity index (χ4v) is 3.46. The van der Waals surface area contributed by atoms with Gasteiger partial charge in [-0.15, -0.1) is 0 Å². The van der Waals surface area contributed by atoms with Crippen LogP contribution in [0.5, 0.6) is 0 Å². The quantitative estimate of drug-likeness (QED) is 0.925. The van der Waals surface area contributed by atoms with E-state index in [0.717, 1.165) is 38.6 Å². The van der Waals surface area contributed by atoms with E-state index in [2.05, 4.69) is 36.1 Å². The number of hydrogen-bond acceptors (Lipinski definition) is 2. The minimum absolute atomic E-state index is 0.0455. The van der Waals surface area contributed by atoms with Crippen LogP contribution in [0, 0.1) is 12.8 Å². The summed E-state index contributed by atoms with van der Waals surface area (Å²) >= 11 is 0. The Kier molecular flexibility index (Phi) is 4.29. The van der Waals surface area contributed by atoms with Crippen molar-refractivity contribution < 1.29 is 4.79 Å². The molecule has 1 amide bonds. The highest BCUT2D eigenvalue weighted by Crippen LogP contribution is 2.33. The van der Waals surface area contributed by atoms with Gasteiger partial charge in [-0.25, -0.2) is 0 Å². The lowest BCUT2D eigenvalue weighted by Crippen LogP contribution is -2.46. The highest BCUT2D eigenvalue weighted by Gasteiger charge is 2.38. The minimum Gasteiger partial charge on any atom is -0.335 e. The van der Waals surface area contributed by atoms with Crippen LogP contribution in [0.4, 0.5) is 0 Å². The standard InChI is InChI=1S/C18H26N2O/c1-13-5-4-6-14(11-13)12-20(15-9-10-15)18(21)16-7-2-3-8-17(16)19/h4-6,11,15-17H,2-3,7-10,12,19H2,1H3. The molecule has 21 heavy (non-hydrogen) atoms. The maximum absolute atomic E-state index is 12.9. The van der Waals surface area contributed by atoms with E-state index in [1.54, 1.807) is 0 Å². The maximum Gasteiger partial charge on any atom is 0.227 e. The molecule has 3 heteroatoms. The molecular weight excluding hydrogens is 260 g/mol. The summed E-state index contributed by atoms with van der Waals surface area (Å²) in [5.41, 5.74) is 8.70. The number of carbonyl (C=O) groups excluding carboxylic acids is 1. The molecule has 0 bridgehead atoms. The van der Waals surface area contributed by atoms with Crippen LogP contribution in [0.1, 0.15) is 49.7 Å². The summed E-state index contributed by atoms with van der Waals surface area (Å²) < 4.78 is 0. The van der Waals surface area contributed by atoms with E-state index >= 15 is 0 Å². The molecule has 0 radical (unpaired) electrons. The highest BCUT2D eigenvalue weighted by molar-refractivity contribution is 5.80. The molecule has 3 rings (SSSR count). The third kappa shape index (κ3) is 3.46. The first-order valence-electron chi connectivity index (χ1n) is 8.27. The van der Waals surface area contributed by atoms with Crippen molar-refractivity contribution in [3.8, 4) is 0 Å². The van der Waals surface area contributed by atoms with E-state index in [-0.39, 0.29) is 12.0 Å². The first-order valence-corrected chi connectivity index (χ1v) is 8.27. The fraction of sp³-hybridized carbons (Fsp3) is 0.611. The third-order valence-electron chi connectivity index (χ3n) is 4.84. The maximum atomic E-state index is 12.9. The van der Waals surface area contributed by atoms with Gasteiger partial charge in [0.15, 0.2) is 0 Å². The molecule has 0 aliphatic heterocycles. The summed E-state index contributed by atoms with van der Waals surface area (Å²) in [6, 6.07) is 8.99. The molecule has 2 atom stereocenters. The SMILES string of the molecule is Cc1cccc(CN(C(=O)C2CCCCC2N)C2CC2)c1. The average molecular weight is 286 g/mol. The topological polar surface area (TPSA) is 46.3 Å². The second-order valence-corrected chi connectivity index (χ2v) is 6.74. The molecule has 1 aromatic rings. The van der Waals surface area contributed by atoms with Crippen LogP contribution >= 0.6 is 0 Å². The summed E-state index contributed by atoms with van der Waals surface area (Å²) in [6.07, 6.45) is 6.59. The molecule has 3 nitrogen and oxygen atoms in total. The summed E-state index contributed by atoms with van der Waals surface area (Å²) in [6.45, 7) is 2.85. The number of hydrogen-bond donors (Lipinski definition) is 1. The number of aryl methyl sites for hydroxylation is 1. The molecular formula is C18H26N2O. The summed E-state index contributed by atoms with van der Waals surface area (Å²) in [4.78, 5) is 15.0. The first kappa shape index (κ1) is 14.6. The molecule has 2 unspecified atom stereocenters. The molecule has 0 heterocycles. The monoisotopic (exact) mass is 286 g/mol. The van der Waals surface area contributed by atoms with E-state index in [1.165, 1.54) is 17.5 Å². The van der Waals surface area contributed by atoms with Crippen LogP contribution in [-0.2, 0) is 11.3 Å². The Balaban J connectivity index is 1.73. The molecule has 0 spiro atoms. The van der Waals surface area contributed by atoms with E-state index < -0.39 is 0 Å². The van der Waals surface area contributed by atoms with Crippen molar-refractivity contribution in [2.75, 3.05) is 0 Å². The normalized spacial score (nSPS) is 25.6. The van der Waals surface area contributed by atoms with Crippen LogP contribution in [0.3, 0.4) is 0 Å². The molecule has 2 aliphatic carbocycles. The van der Waals surface area contributed by atoms with Gasteiger partial charge in [-0.2, -0.15) is 0 Å². The van der Waals surface area contributed by atoms with Gasteiger partial charge in [-0.05, 0) is 38.2 Å². The Bertz CT molecular complexity index is 510. The van der Waals surface area contributed by atoms with Gasteiger partial charge in [0.1, 0.15) is 0 Å². The number of amides is 1. The van der Waals surface area contributed by atoms with Gasteiger partial charge in [0.25, 0.3) is 0 Å². The Morgan fingerprint density at radius 3 is 2.67 bits per heavy atom. The van der Waals surface area contributed by atoms with Crippen LogP contribution in [-0.4, -0.2) is 22.9 Å². The van der Waals surface area contributed by atoms with Crippen LogP contribution in [0.25, 0.3) is 0 Å². The van der Waals surface area contributed by atoms with Crippen molar-refractivity contribution >= 4 is 5.91 Å². The average Bonchev–Trinajstić information content (AvgIpc) is 3.29. The fourth-order valence-electron chi connectivity index (χ4n) is 3.46. The van der Waals surface area contributed by atoms with Crippen molar-refractivity contribution in [3.05, 3.63) is 35.4 Å². The van der Waals surface area contributed by atoms with Gasteiger partial charge >= 0.3 is 0 Å². The van der Waals surface area contributed by atoms with E-state index in [9.17, 15) is 4.79 Å². The summed E-state index contributed by atoms with van der Waals surface area (Å²) in [7, 11) is 0. The van der Waals surface area contributed by atoms with Crippen LogP contribution < -0.4 is 5.73 Å². The second kappa shape index (κ2) is 6.18. The number of carbonyl (C=O) groups is 1. The van der Waals surface area contributed by atoms with Crippen LogP contribution in [0.2, 0.25) is 0 Å². The zero-order valence-electron chi connectivity index (χ0n) is 12.9. The largest absolute Gasteiger partial charge is 0.335 e. The third-order valence-corrected chi connectivity index (χ3v) is 4.84. The van der Waals surface area contributed by atoms with E-state index in [4.69, 9.17) is 5.73 Å². The number of rotatable bonds is 4. The molecule has 0 saturated heterocycles. The van der Waals surface area contributed by atoms with Gasteiger partial charge in [0.05, 0.1) is 5.92 Å². The molecule has 0 aromatic heterocycles. The van der Waals surface area contributed by atoms with Crippen molar-refractivity contribution in [1.82, 2.24) is 4.90 Å². The number of benzene rings is 1. The zero-order chi connectivity index (χ0) is 14.8. The first-order chi connectivity index (χ1) is 10.1. The molecule has 2 fully saturated rings. The Morgan fingerprint density at radius 2 is 2.00 bits per heavy atom. The zero-order valence-corrected chi connectivity index (χ0v) is 12.9. The molecule has 1 aromatic carbocycles. The van der Waals surface area contributed by atoms with Crippen molar-refractivity contribution in [1.29, 1.82) is 0 Å². The van der Waals surface area contributed by atoms with Gasteiger partial charge in [0.2, 0.25) is 5.91 Å². The minimum atomic E-state index is 0.0455. The number of nitrogens with zero attached hydrogens (tertiary/aromatic N) is 1. The smallest absolute Gasteiger partial charge is 0.227 e. The van der Waals surface area contributed by atoms with Crippen molar-refractivity contribution in [3.63, 3.8) is 0 Å². The van der Waals surface area contributed by atoms with E-state index in [0.29, 0.717) is 11.9 Å². The lowest BCUT2D eigenvalue weighted by atomic mass is 9.84. The predicted octanol–water partition coefficient (Wildman–Crippen LogP) is 3.00. The molecule has 114 valence electrons. The predicted molar refractivity (Wildman–Crippen MR) is 84.7 cm³/mol. The van der Waals surface area contributed by atoms with Crippen LogP contribution in [0.15, 0.2) is 24.3 Å². The summed E-state index contributed by atoms with van der Waals surface area (Å²) in [5, 5.41) is 0. The van der Waals surface area contributed by atoms with Crippen molar-refractivity contribution in [2.45, 2.75) is 64.1 Å². The molecule has 2 aliphatic rings. The Hall–Kier alpha value is -1.35. The second-order valence-electron chi connectivity index (χ2n) is 6.74. The lowest BCUT2D eigenvalue weighted by Gasteiger charge is -2.33. The van der Waals surface area contributed by atoms with Gasteiger partial charge in [0, 0.05) is 18.6 Å². The Labute approximate surface area is 127 Å². The van der Waals surface area contributed by atoms with Gasteiger partial charge < -0.3 is 10.6 Å². The molecule has 2 N–H and O–H groups in total. The van der Waals surface area contributed by atoms with Crippen molar-refractivity contribution in [2.24, 2.45) is 11.7 Å². The Morgan fingerprint density at radius 1 is 1.24 bits per heavy atom. The van der Waals surface area contributed by atoms with E-state index in [1.807, 2.05) is 0 Å². The number of nitrogens with two attached hydrogens (primary N) is 1. The summed E-state index contributed by atoms with van der Waals surface area (Å²) in [5.74, 6) is 0.343. The van der Waals surface area contributed by atoms with Gasteiger partial charge in [-0.3, -0.25) is 4.79 Å². The lowest BCUT2D eigenvalue weighted by molar-refractivity contribution is -0.138. The molecule has 2 saturated carbocycles. The highest BCUT2D eigenvalue weighted by atomic mass is 16.2. The van der Waals surface area contributed by atoms with Gasteiger partial charge in [-0.1, -0.05) is 42.7 Å².